The molecule has 0 saturated carbocycles. The average Bonchev–Trinajstić information content (AvgIpc) is 3.24. The van der Waals surface area contributed by atoms with E-state index in [-0.39, 0.29) is 5.75 Å². The minimum Gasteiger partial charge on any atom is -0.505 e. The predicted molar refractivity (Wildman–Crippen MR) is 142 cm³/mol. The second-order valence-corrected chi connectivity index (χ2v) is 9.05. The van der Waals surface area contributed by atoms with Crippen LogP contribution in [0.1, 0.15) is 0 Å². The quantitative estimate of drug-likeness (QED) is 0.313. The Morgan fingerprint density at radius 2 is 1.43 bits per heavy atom. The van der Waals surface area contributed by atoms with Crippen LogP contribution in [-0.4, -0.2) is 35.9 Å². The maximum Gasteiger partial charge on any atom is 0.421 e. The molecule has 0 unspecified atom stereocenters. The largest absolute Gasteiger partial charge is 0.505 e. The molecule has 37 heavy (non-hydrogen) atoms. The summed E-state index contributed by atoms with van der Waals surface area (Å²) >= 11 is 0. The minimum atomic E-state index is 0.121. The fourth-order valence-electron chi connectivity index (χ4n) is 4.30. The van der Waals surface area contributed by atoms with Gasteiger partial charge in [-0.25, -0.2) is 13.7 Å². The molecule has 3 heterocycles. The molecule has 0 radical (unpaired) electrons. The summed E-state index contributed by atoms with van der Waals surface area (Å²) in [7, 11) is 5.80. The molecule has 0 spiro atoms. The highest BCUT2D eigenvalue weighted by Gasteiger charge is 2.19. The first-order chi connectivity index (χ1) is 18.0. The topological polar surface area (TPSA) is 88.8 Å². The molecule has 0 bridgehead atoms. The van der Waals surface area contributed by atoms with Crippen LogP contribution in [-0.2, 0) is 21.1 Å². The van der Waals surface area contributed by atoms with E-state index < -0.39 is 0 Å². The molecule has 10 nitrogen and oxygen atoms in total. The van der Waals surface area contributed by atoms with Gasteiger partial charge >= 0.3 is 11.8 Å². The van der Waals surface area contributed by atoms with Crippen molar-refractivity contribution < 1.29 is 14.2 Å². The van der Waals surface area contributed by atoms with Gasteiger partial charge < -0.3 is 14.9 Å². The second-order valence-electron chi connectivity index (χ2n) is 9.05. The number of aryl methyl sites for hydroxylation is 3. The predicted octanol–water partition coefficient (Wildman–Crippen LogP) is 4.54. The number of anilines is 2. The monoisotopic (exact) mass is 497 g/mol. The van der Waals surface area contributed by atoms with E-state index in [0.29, 0.717) is 11.5 Å². The van der Waals surface area contributed by atoms with Gasteiger partial charge in [-0.1, -0.05) is 11.2 Å². The number of azo groups is 2. The smallest absolute Gasteiger partial charge is 0.421 e. The first kappa shape index (κ1) is 24.1. The van der Waals surface area contributed by atoms with Gasteiger partial charge in [-0.3, -0.25) is 0 Å². The summed E-state index contributed by atoms with van der Waals surface area (Å²) < 4.78 is 5.73. The number of nitrogens with zero attached hydrogens (tertiary/aromatic N) is 9. The molecule has 1 aliphatic rings. The van der Waals surface area contributed by atoms with Crippen molar-refractivity contribution in [2.45, 2.75) is 0 Å². The van der Waals surface area contributed by atoms with Crippen LogP contribution in [0.2, 0.25) is 0 Å². The fourth-order valence-corrected chi connectivity index (χ4v) is 4.30. The summed E-state index contributed by atoms with van der Waals surface area (Å²) in [5, 5.41) is 27.8. The van der Waals surface area contributed by atoms with Gasteiger partial charge in [-0.2, -0.15) is 0 Å². The molecule has 0 amide bonds. The summed E-state index contributed by atoms with van der Waals surface area (Å²) in [6.45, 7) is 3.47. The van der Waals surface area contributed by atoms with Crippen molar-refractivity contribution in [1.82, 2.24) is 4.57 Å². The van der Waals surface area contributed by atoms with Crippen molar-refractivity contribution in [3.8, 4) is 5.75 Å². The number of imidazole rings is 1. The lowest BCUT2D eigenvalue weighted by Gasteiger charge is -2.37. The lowest BCUT2D eigenvalue weighted by Crippen LogP contribution is -2.46. The highest BCUT2D eigenvalue weighted by atomic mass is 16.3. The molecular formula is C27H31N9O+2. The number of pyridine rings is 1. The van der Waals surface area contributed by atoms with Gasteiger partial charge in [0.25, 0.3) is 0 Å². The molecule has 1 fully saturated rings. The highest BCUT2D eigenvalue weighted by Crippen LogP contribution is 2.33. The molecule has 4 aromatic rings. The van der Waals surface area contributed by atoms with Crippen molar-refractivity contribution in [1.29, 1.82) is 0 Å². The maximum atomic E-state index is 10.5. The summed E-state index contributed by atoms with van der Waals surface area (Å²) in [6.07, 6.45) is 5.80. The first-order valence-corrected chi connectivity index (χ1v) is 12.2. The Kier molecular flexibility index (Phi) is 6.89. The number of hydrogen-bond acceptors (Lipinski definition) is 7. The standard InChI is InChI=1S/C27H30N9O/c1-32-13-5-4-6-26(32)30-29-24-12-11-23(20-25(24)37)36-18-16-35(17-19-36)22-9-7-21(8-10-22)28-31-27-33(2)14-15-34(27)3/h4-15,20H,16-19H2,1-3H3/q+1/p+1. The van der Waals surface area contributed by atoms with E-state index in [1.165, 1.54) is 0 Å². The van der Waals surface area contributed by atoms with E-state index in [2.05, 4.69) is 42.4 Å². The molecule has 1 saturated heterocycles. The number of phenolic OH excluding ortho intramolecular Hbond substituents is 1. The fraction of sp³-hybridized carbons (Fsp3) is 0.259. The number of benzene rings is 2. The van der Waals surface area contributed by atoms with Gasteiger partial charge in [-0.05, 0) is 47.6 Å². The molecule has 5 rings (SSSR count). The second kappa shape index (κ2) is 10.6. The maximum absolute atomic E-state index is 10.5. The van der Waals surface area contributed by atoms with Crippen LogP contribution >= 0.6 is 0 Å². The summed E-state index contributed by atoms with van der Waals surface area (Å²) in [5.41, 5.74) is 3.41. The van der Waals surface area contributed by atoms with Crippen LogP contribution in [0.4, 0.5) is 34.5 Å². The van der Waals surface area contributed by atoms with Crippen LogP contribution in [0.3, 0.4) is 0 Å². The van der Waals surface area contributed by atoms with E-state index in [4.69, 9.17) is 0 Å². The summed E-state index contributed by atoms with van der Waals surface area (Å²) in [5.74, 6) is 1.62. The molecule has 0 atom stereocenters. The molecule has 188 valence electrons. The van der Waals surface area contributed by atoms with Crippen molar-refractivity contribution >= 4 is 34.5 Å². The van der Waals surface area contributed by atoms with E-state index in [9.17, 15) is 5.11 Å². The zero-order valence-corrected chi connectivity index (χ0v) is 21.3. The molecule has 1 N–H and O–H groups in total. The molecule has 2 aromatic carbocycles. The summed E-state index contributed by atoms with van der Waals surface area (Å²) in [4.78, 5) is 4.63. The Bertz CT molecular complexity index is 1420. The number of phenols is 1. The highest BCUT2D eigenvalue weighted by molar-refractivity contribution is 5.62. The average molecular weight is 498 g/mol. The number of hydrogen-bond donors (Lipinski definition) is 1. The van der Waals surface area contributed by atoms with E-state index in [0.717, 1.165) is 49.2 Å². The first-order valence-electron chi connectivity index (χ1n) is 12.2. The number of piperazine rings is 1. The Hall–Kier alpha value is -4.60. The number of aromatic nitrogens is 3. The van der Waals surface area contributed by atoms with Crippen molar-refractivity contribution in [3.05, 3.63) is 79.3 Å². The molecule has 2 aromatic heterocycles. The normalized spacial score (nSPS) is 14.2. The summed E-state index contributed by atoms with van der Waals surface area (Å²) in [6, 6.07) is 19.4. The van der Waals surface area contributed by atoms with E-state index in [1.807, 2.05) is 95.9 Å². The zero-order chi connectivity index (χ0) is 25.8. The SMILES string of the molecule is Cn1cc[n+](C)c1N=Nc1ccc(N2CCN(c3ccc(N=Nc4cccc[n+]4C)c(O)c3)CC2)cc1. The van der Waals surface area contributed by atoms with Gasteiger partial charge in [0.2, 0.25) is 0 Å². The lowest BCUT2D eigenvalue weighted by atomic mass is 10.2. The number of rotatable bonds is 6. The molecule has 1 aliphatic heterocycles. The Balaban J connectivity index is 1.19. The van der Waals surface area contributed by atoms with Crippen LogP contribution in [0, 0.1) is 0 Å². The number of aromatic hydroxyl groups is 1. The van der Waals surface area contributed by atoms with Crippen LogP contribution < -0.4 is 18.9 Å². The van der Waals surface area contributed by atoms with Crippen LogP contribution in [0.25, 0.3) is 0 Å². The van der Waals surface area contributed by atoms with Gasteiger partial charge in [0.15, 0.2) is 5.69 Å². The minimum absolute atomic E-state index is 0.121. The third-order valence-corrected chi connectivity index (χ3v) is 6.51. The van der Waals surface area contributed by atoms with Gasteiger partial charge in [0.05, 0.1) is 44.8 Å². The third kappa shape index (κ3) is 5.48. The molecular weight excluding hydrogens is 466 g/mol. The Labute approximate surface area is 216 Å². The van der Waals surface area contributed by atoms with Crippen molar-refractivity contribution in [3.63, 3.8) is 0 Å². The van der Waals surface area contributed by atoms with Gasteiger partial charge in [0, 0.05) is 54.8 Å². The van der Waals surface area contributed by atoms with Gasteiger partial charge in [-0.15, -0.1) is 0 Å². The Morgan fingerprint density at radius 3 is 2.08 bits per heavy atom. The van der Waals surface area contributed by atoms with Gasteiger partial charge in [0.1, 0.15) is 11.4 Å². The molecule has 10 heteroatoms. The molecule has 0 aliphatic carbocycles. The van der Waals surface area contributed by atoms with E-state index >= 15 is 0 Å². The van der Waals surface area contributed by atoms with Crippen LogP contribution in [0.5, 0.6) is 5.75 Å². The lowest BCUT2D eigenvalue weighted by molar-refractivity contribution is -0.658. The van der Waals surface area contributed by atoms with Crippen molar-refractivity contribution in [2.24, 2.45) is 41.6 Å². The zero-order valence-electron chi connectivity index (χ0n) is 21.3. The van der Waals surface area contributed by atoms with Crippen LogP contribution in [0.15, 0.2) is 99.7 Å². The Morgan fingerprint density at radius 1 is 0.730 bits per heavy atom. The van der Waals surface area contributed by atoms with Crippen molar-refractivity contribution in [2.75, 3.05) is 36.0 Å². The van der Waals surface area contributed by atoms with E-state index in [1.54, 1.807) is 6.07 Å². The third-order valence-electron chi connectivity index (χ3n) is 6.51.